The van der Waals surface area contributed by atoms with Gasteiger partial charge in [0.2, 0.25) is 0 Å². The lowest BCUT2D eigenvalue weighted by Gasteiger charge is -2.32. The number of ether oxygens (including phenoxy) is 2. The summed E-state index contributed by atoms with van der Waals surface area (Å²) in [5, 5.41) is 8.81. The van der Waals surface area contributed by atoms with Gasteiger partial charge in [-0.3, -0.25) is 9.30 Å². The number of aromatic nitrogens is 3. The monoisotopic (exact) mass is 380 g/mol. The number of hydrogen-bond acceptors (Lipinski definition) is 5. The van der Waals surface area contributed by atoms with Gasteiger partial charge in [0.15, 0.2) is 5.65 Å². The van der Waals surface area contributed by atoms with E-state index in [0.29, 0.717) is 19.1 Å². The summed E-state index contributed by atoms with van der Waals surface area (Å²) in [7, 11) is 1.71. The topological polar surface area (TPSA) is 51.9 Å². The number of fused-ring (bicyclic) bond motifs is 1. The highest BCUT2D eigenvalue weighted by atomic mass is 16.5. The van der Waals surface area contributed by atoms with E-state index in [1.165, 1.54) is 12.0 Å². The van der Waals surface area contributed by atoms with Crippen LogP contribution in [0.25, 0.3) is 5.65 Å². The molecule has 0 aliphatic carbocycles. The number of rotatable bonds is 7. The molecule has 0 radical (unpaired) electrons. The number of piperidine rings is 1. The molecule has 1 aromatic carbocycles. The number of likely N-dealkylation sites (tertiary alicyclic amines) is 1. The minimum absolute atomic E-state index is 0.410. The van der Waals surface area contributed by atoms with Crippen molar-refractivity contribution in [3.05, 3.63) is 59.5 Å². The van der Waals surface area contributed by atoms with Gasteiger partial charge in [0.05, 0.1) is 13.7 Å². The van der Waals surface area contributed by atoms with Crippen molar-refractivity contribution in [2.45, 2.75) is 38.8 Å². The van der Waals surface area contributed by atoms with Gasteiger partial charge in [-0.15, -0.1) is 10.2 Å². The van der Waals surface area contributed by atoms with Crippen LogP contribution in [-0.2, 0) is 17.9 Å². The number of benzene rings is 1. The highest BCUT2D eigenvalue weighted by molar-refractivity contribution is 5.38. The van der Waals surface area contributed by atoms with Crippen LogP contribution in [0.3, 0.4) is 0 Å². The Labute approximate surface area is 166 Å². The van der Waals surface area contributed by atoms with Crippen LogP contribution in [0, 0.1) is 0 Å². The third-order valence-electron chi connectivity index (χ3n) is 5.42. The molecule has 0 amide bonds. The summed E-state index contributed by atoms with van der Waals surface area (Å²) in [6.45, 7) is 6.34. The molecule has 3 heterocycles. The molecule has 4 rings (SSSR count). The van der Waals surface area contributed by atoms with E-state index < -0.39 is 0 Å². The minimum Gasteiger partial charge on any atom is -0.496 e. The maximum atomic E-state index is 5.60. The molecule has 0 N–H and O–H groups in total. The van der Waals surface area contributed by atoms with Crippen LogP contribution in [0.15, 0.2) is 42.6 Å². The van der Waals surface area contributed by atoms with Gasteiger partial charge in [-0.1, -0.05) is 12.1 Å². The van der Waals surface area contributed by atoms with E-state index >= 15 is 0 Å². The van der Waals surface area contributed by atoms with E-state index in [1.807, 2.05) is 25.1 Å². The second kappa shape index (κ2) is 8.71. The molecule has 1 fully saturated rings. The molecule has 0 spiro atoms. The number of nitrogens with zero attached hydrogens (tertiary/aromatic N) is 4. The molecule has 0 saturated carbocycles. The average molecular weight is 380 g/mol. The predicted molar refractivity (Wildman–Crippen MR) is 109 cm³/mol. The smallest absolute Gasteiger partial charge is 0.160 e. The summed E-state index contributed by atoms with van der Waals surface area (Å²) in [4.78, 5) is 2.52. The maximum Gasteiger partial charge on any atom is 0.160 e. The molecule has 148 valence electrons. The van der Waals surface area contributed by atoms with Gasteiger partial charge in [0.25, 0.3) is 0 Å². The molecule has 2 aromatic heterocycles. The van der Waals surface area contributed by atoms with Gasteiger partial charge in [-0.05, 0) is 56.1 Å². The molecule has 6 heteroatoms. The van der Waals surface area contributed by atoms with E-state index in [-0.39, 0.29) is 0 Å². The number of pyridine rings is 1. The molecule has 0 bridgehead atoms. The van der Waals surface area contributed by atoms with Crippen LogP contribution in [0.5, 0.6) is 5.75 Å². The van der Waals surface area contributed by atoms with Crippen molar-refractivity contribution in [2.75, 3.05) is 26.8 Å². The van der Waals surface area contributed by atoms with Crippen molar-refractivity contribution in [3.8, 4) is 5.75 Å². The van der Waals surface area contributed by atoms with Gasteiger partial charge in [-0.2, -0.15) is 0 Å². The Morgan fingerprint density at radius 3 is 2.96 bits per heavy atom. The molecule has 1 unspecified atom stereocenters. The molecule has 3 aromatic rings. The van der Waals surface area contributed by atoms with E-state index in [1.54, 1.807) is 7.11 Å². The van der Waals surface area contributed by atoms with Crippen LogP contribution in [-0.4, -0.2) is 46.3 Å². The Kier molecular flexibility index (Phi) is 5.88. The summed E-state index contributed by atoms with van der Waals surface area (Å²) in [6, 6.07) is 12.5. The van der Waals surface area contributed by atoms with Gasteiger partial charge in [0.1, 0.15) is 11.6 Å². The van der Waals surface area contributed by atoms with Crippen molar-refractivity contribution >= 4 is 5.65 Å². The SMILES string of the molecule is CCOCc1cc(CN2CCCC(c3nnc4ccccn34)C2)ccc1OC. The van der Waals surface area contributed by atoms with Crippen molar-refractivity contribution in [1.82, 2.24) is 19.5 Å². The van der Waals surface area contributed by atoms with Gasteiger partial charge in [0, 0.05) is 37.4 Å². The third-order valence-corrected chi connectivity index (χ3v) is 5.42. The Morgan fingerprint density at radius 1 is 1.18 bits per heavy atom. The van der Waals surface area contributed by atoms with E-state index in [4.69, 9.17) is 9.47 Å². The first-order chi connectivity index (χ1) is 13.8. The Balaban J connectivity index is 1.48. The molecular weight excluding hydrogens is 352 g/mol. The lowest BCUT2D eigenvalue weighted by Crippen LogP contribution is -2.34. The molecule has 1 atom stereocenters. The lowest BCUT2D eigenvalue weighted by atomic mass is 9.96. The van der Waals surface area contributed by atoms with Crippen LogP contribution < -0.4 is 4.74 Å². The van der Waals surface area contributed by atoms with Gasteiger partial charge >= 0.3 is 0 Å². The van der Waals surface area contributed by atoms with Crippen molar-refractivity contribution in [3.63, 3.8) is 0 Å². The second-order valence-electron chi connectivity index (χ2n) is 7.34. The first kappa shape index (κ1) is 18.9. The van der Waals surface area contributed by atoms with E-state index in [2.05, 4.69) is 43.9 Å². The fourth-order valence-electron chi connectivity index (χ4n) is 4.06. The zero-order chi connectivity index (χ0) is 19.3. The van der Waals surface area contributed by atoms with Crippen LogP contribution in [0.2, 0.25) is 0 Å². The Bertz CT molecular complexity index is 924. The zero-order valence-electron chi connectivity index (χ0n) is 16.7. The van der Waals surface area contributed by atoms with Gasteiger partial charge < -0.3 is 9.47 Å². The average Bonchev–Trinajstić information content (AvgIpc) is 3.17. The zero-order valence-corrected chi connectivity index (χ0v) is 16.7. The Hall–Kier alpha value is -2.44. The molecular formula is C22H28N4O2. The molecule has 1 aliphatic heterocycles. The van der Waals surface area contributed by atoms with Crippen LogP contribution in [0.1, 0.15) is 42.6 Å². The summed E-state index contributed by atoms with van der Waals surface area (Å²) in [6.07, 6.45) is 4.39. The lowest BCUT2D eigenvalue weighted by molar-refractivity contribution is 0.131. The first-order valence-corrected chi connectivity index (χ1v) is 10.0. The third kappa shape index (κ3) is 4.03. The fourth-order valence-corrected chi connectivity index (χ4v) is 4.06. The largest absolute Gasteiger partial charge is 0.496 e. The standard InChI is InChI=1S/C22H28N4O2/c1-3-28-16-19-13-17(9-10-20(19)27-2)14-25-11-6-7-18(15-25)22-24-23-21-8-4-5-12-26(21)22/h4-5,8-10,12-13,18H,3,6-7,11,14-16H2,1-2H3. The highest BCUT2D eigenvalue weighted by Gasteiger charge is 2.25. The van der Waals surface area contributed by atoms with Crippen LogP contribution in [0.4, 0.5) is 0 Å². The quantitative estimate of drug-likeness (QED) is 0.626. The summed E-state index contributed by atoms with van der Waals surface area (Å²) in [5.41, 5.74) is 3.33. The van der Waals surface area contributed by atoms with E-state index in [0.717, 1.165) is 48.8 Å². The summed E-state index contributed by atoms with van der Waals surface area (Å²) in [5.74, 6) is 2.38. The maximum absolute atomic E-state index is 5.60. The molecule has 28 heavy (non-hydrogen) atoms. The highest BCUT2D eigenvalue weighted by Crippen LogP contribution is 2.28. The minimum atomic E-state index is 0.410. The van der Waals surface area contributed by atoms with Crippen molar-refractivity contribution in [2.24, 2.45) is 0 Å². The molecule has 1 saturated heterocycles. The van der Waals surface area contributed by atoms with Crippen molar-refractivity contribution < 1.29 is 9.47 Å². The van der Waals surface area contributed by atoms with Crippen molar-refractivity contribution in [1.29, 1.82) is 0 Å². The summed E-state index contributed by atoms with van der Waals surface area (Å²) >= 11 is 0. The molecule has 6 nitrogen and oxygen atoms in total. The van der Waals surface area contributed by atoms with E-state index in [9.17, 15) is 0 Å². The molecule has 1 aliphatic rings. The number of methoxy groups -OCH3 is 1. The summed E-state index contributed by atoms with van der Waals surface area (Å²) < 4.78 is 13.2. The van der Waals surface area contributed by atoms with Crippen LogP contribution >= 0.6 is 0 Å². The predicted octanol–water partition coefficient (Wildman–Crippen LogP) is 3.65. The first-order valence-electron chi connectivity index (χ1n) is 10.0. The normalized spacial score (nSPS) is 17.9. The Morgan fingerprint density at radius 2 is 2.11 bits per heavy atom. The number of hydrogen-bond donors (Lipinski definition) is 0. The van der Waals surface area contributed by atoms with Gasteiger partial charge in [-0.25, -0.2) is 0 Å². The fraction of sp³-hybridized carbons (Fsp3) is 0.455. The second-order valence-corrected chi connectivity index (χ2v) is 7.34.